The third-order valence-corrected chi connectivity index (χ3v) is 4.37. The van der Waals surface area contributed by atoms with Gasteiger partial charge in [-0.25, -0.2) is 18.4 Å². The zero-order valence-electron chi connectivity index (χ0n) is 14.0. The number of primary sulfonamides is 1. The third-order valence-electron chi connectivity index (χ3n) is 3.46. The minimum atomic E-state index is -4.29. The molecule has 1 atom stereocenters. The Morgan fingerprint density at radius 1 is 1.27 bits per heavy atom. The summed E-state index contributed by atoms with van der Waals surface area (Å²) < 4.78 is 29.6. The minimum Gasteiger partial charge on any atom is -0.478 e. The van der Waals surface area contributed by atoms with Crippen molar-refractivity contribution >= 4 is 21.7 Å². The standard InChI is InChI=1S/C17H20N2O6S/c1-2-6-15(20)19-13-9-11(17(21)22)10-14(26(18,23)24)16(13)25-12-7-4-3-5-8-12/h3-5,7-10,15,19-20H,2,6H2,1H3,(H,21,22)(H2,18,23,24). The number of hydrogen-bond donors (Lipinski definition) is 4. The molecule has 140 valence electrons. The summed E-state index contributed by atoms with van der Waals surface area (Å²) in [7, 11) is -4.29. The van der Waals surface area contributed by atoms with Crippen molar-refractivity contribution < 1.29 is 28.2 Å². The predicted octanol–water partition coefficient (Wildman–Crippen LogP) is 2.35. The largest absolute Gasteiger partial charge is 0.478 e. The first-order chi connectivity index (χ1) is 12.2. The zero-order valence-corrected chi connectivity index (χ0v) is 14.9. The fourth-order valence-corrected chi connectivity index (χ4v) is 2.98. The molecular weight excluding hydrogens is 360 g/mol. The molecule has 0 saturated heterocycles. The first-order valence-corrected chi connectivity index (χ1v) is 9.38. The monoisotopic (exact) mass is 380 g/mol. The number of carboxylic acid groups (broad SMARTS) is 1. The number of para-hydroxylation sites is 1. The summed E-state index contributed by atoms with van der Waals surface area (Å²) in [5.74, 6) is -1.19. The number of nitrogens with two attached hydrogens (primary N) is 1. The van der Waals surface area contributed by atoms with Crippen molar-refractivity contribution in [2.24, 2.45) is 5.14 Å². The number of rotatable bonds is 8. The van der Waals surface area contributed by atoms with Crippen LogP contribution in [0.1, 0.15) is 30.1 Å². The van der Waals surface area contributed by atoms with Crippen LogP contribution in [-0.2, 0) is 10.0 Å². The van der Waals surface area contributed by atoms with Gasteiger partial charge in [0.1, 0.15) is 16.9 Å². The molecule has 2 aromatic carbocycles. The van der Waals surface area contributed by atoms with Gasteiger partial charge in [0.25, 0.3) is 0 Å². The first-order valence-electron chi connectivity index (χ1n) is 7.84. The van der Waals surface area contributed by atoms with E-state index < -0.39 is 27.1 Å². The second-order valence-electron chi connectivity index (χ2n) is 5.57. The summed E-state index contributed by atoms with van der Waals surface area (Å²) in [6.45, 7) is 1.86. The SMILES string of the molecule is CCCC(O)Nc1cc(C(=O)O)cc(S(N)(=O)=O)c1Oc1ccccc1. The van der Waals surface area contributed by atoms with Gasteiger partial charge in [-0.15, -0.1) is 0 Å². The number of aliphatic hydroxyl groups is 1. The van der Waals surface area contributed by atoms with Gasteiger partial charge in [0.2, 0.25) is 10.0 Å². The molecule has 2 aromatic rings. The van der Waals surface area contributed by atoms with E-state index in [1.165, 1.54) is 6.07 Å². The van der Waals surface area contributed by atoms with Gasteiger partial charge in [-0.1, -0.05) is 31.5 Å². The maximum atomic E-state index is 12.0. The van der Waals surface area contributed by atoms with Gasteiger partial charge in [-0.3, -0.25) is 0 Å². The van der Waals surface area contributed by atoms with Crippen molar-refractivity contribution in [3.05, 3.63) is 48.0 Å². The van der Waals surface area contributed by atoms with Crippen molar-refractivity contribution in [2.45, 2.75) is 30.9 Å². The van der Waals surface area contributed by atoms with Crippen molar-refractivity contribution in [3.63, 3.8) is 0 Å². The van der Waals surface area contributed by atoms with Crippen LogP contribution in [0.25, 0.3) is 0 Å². The van der Waals surface area contributed by atoms with Gasteiger partial charge in [-0.2, -0.15) is 0 Å². The van der Waals surface area contributed by atoms with E-state index in [0.29, 0.717) is 18.6 Å². The maximum Gasteiger partial charge on any atom is 0.335 e. The molecule has 2 rings (SSSR count). The molecule has 0 saturated carbocycles. The minimum absolute atomic E-state index is 0.0127. The van der Waals surface area contributed by atoms with Crippen LogP contribution in [-0.4, -0.2) is 30.8 Å². The second-order valence-corrected chi connectivity index (χ2v) is 7.09. The van der Waals surface area contributed by atoms with E-state index in [1.54, 1.807) is 30.3 Å². The Kier molecular flexibility index (Phi) is 6.19. The first kappa shape index (κ1) is 19.7. The van der Waals surface area contributed by atoms with Crippen molar-refractivity contribution in [1.29, 1.82) is 0 Å². The fraction of sp³-hybridized carbons (Fsp3) is 0.235. The smallest absolute Gasteiger partial charge is 0.335 e. The molecule has 1 unspecified atom stereocenters. The van der Waals surface area contributed by atoms with Gasteiger partial charge in [0.05, 0.1) is 11.3 Å². The lowest BCUT2D eigenvalue weighted by Crippen LogP contribution is -2.21. The molecule has 0 aliphatic rings. The van der Waals surface area contributed by atoms with Crippen LogP contribution >= 0.6 is 0 Å². The molecule has 0 fully saturated rings. The molecule has 0 radical (unpaired) electrons. The van der Waals surface area contributed by atoms with Crippen molar-refractivity contribution in [3.8, 4) is 11.5 Å². The summed E-state index contributed by atoms with van der Waals surface area (Å²) in [5, 5.41) is 27.2. The highest BCUT2D eigenvalue weighted by molar-refractivity contribution is 7.89. The number of sulfonamides is 1. The molecule has 0 aromatic heterocycles. The van der Waals surface area contributed by atoms with E-state index in [9.17, 15) is 23.4 Å². The van der Waals surface area contributed by atoms with Crippen molar-refractivity contribution in [2.75, 3.05) is 5.32 Å². The Hall–Kier alpha value is -2.62. The number of aliphatic hydroxyl groups excluding tert-OH is 1. The Morgan fingerprint density at radius 3 is 2.46 bits per heavy atom. The highest BCUT2D eigenvalue weighted by Gasteiger charge is 2.24. The number of aromatic carboxylic acids is 1. The number of nitrogens with one attached hydrogen (secondary N) is 1. The lowest BCUT2D eigenvalue weighted by Gasteiger charge is -2.19. The predicted molar refractivity (Wildman–Crippen MR) is 95.8 cm³/mol. The number of hydrogen-bond acceptors (Lipinski definition) is 6. The molecule has 0 spiro atoms. The third kappa shape index (κ3) is 4.94. The Balaban J connectivity index is 2.64. The molecule has 0 bridgehead atoms. The average Bonchev–Trinajstić information content (AvgIpc) is 2.56. The number of carboxylic acids is 1. The number of anilines is 1. The van der Waals surface area contributed by atoms with Crippen LogP contribution in [0.4, 0.5) is 5.69 Å². The van der Waals surface area contributed by atoms with Crippen LogP contribution in [0.2, 0.25) is 0 Å². The number of ether oxygens (including phenoxy) is 1. The van der Waals surface area contributed by atoms with E-state index in [2.05, 4.69) is 5.32 Å². The molecule has 0 aliphatic carbocycles. The van der Waals surface area contributed by atoms with Gasteiger partial charge < -0.3 is 20.3 Å². The molecule has 0 heterocycles. The molecule has 9 heteroatoms. The molecule has 26 heavy (non-hydrogen) atoms. The van der Waals surface area contributed by atoms with E-state index >= 15 is 0 Å². The second kappa shape index (κ2) is 8.17. The van der Waals surface area contributed by atoms with E-state index in [0.717, 1.165) is 6.07 Å². The van der Waals surface area contributed by atoms with Crippen LogP contribution in [0.15, 0.2) is 47.4 Å². The maximum absolute atomic E-state index is 12.0. The average molecular weight is 380 g/mol. The Bertz CT molecular complexity index is 884. The zero-order chi connectivity index (χ0) is 19.3. The fourth-order valence-electron chi connectivity index (χ4n) is 2.28. The molecular formula is C17H20N2O6S. The Labute approximate surface area is 151 Å². The summed E-state index contributed by atoms with van der Waals surface area (Å²) in [4.78, 5) is 10.9. The quantitative estimate of drug-likeness (QED) is 0.515. The molecule has 5 N–H and O–H groups in total. The van der Waals surface area contributed by atoms with Crippen LogP contribution in [0.3, 0.4) is 0 Å². The summed E-state index contributed by atoms with van der Waals surface area (Å²) >= 11 is 0. The molecule has 8 nitrogen and oxygen atoms in total. The van der Waals surface area contributed by atoms with Crippen LogP contribution < -0.4 is 15.2 Å². The lowest BCUT2D eigenvalue weighted by molar-refractivity contribution is 0.0696. The normalized spacial score (nSPS) is 12.4. The number of benzene rings is 2. The highest BCUT2D eigenvalue weighted by Crippen LogP contribution is 2.37. The van der Waals surface area contributed by atoms with E-state index in [1.807, 2.05) is 6.92 Å². The van der Waals surface area contributed by atoms with Crippen LogP contribution in [0.5, 0.6) is 11.5 Å². The lowest BCUT2D eigenvalue weighted by atomic mass is 10.1. The van der Waals surface area contributed by atoms with Gasteiger partial charge >= 0.3 is 5.97 Å². The van der Waals surface area contributed by atoms with Crippen molar-refractivity contribution in [1.82, 2.24) is 0 Å². The summed E-state index contributed by atoms with van der Waals surface area (Å²) in [6.07, 6.45) is 0.00624. The Morgan fingerprint density at radius 2 is 1.92 bits per heavy atom. The topological polar surface area (TPSA) is 139 Å². The van der Waals surface area contributed by atoms with Crippen LogP contribution in [0, 0.1) is 0 Å². The summed E-state index contributed by atoms with van der Waals surface area (Å²) in [5.41, 5.74) is -0.292. The van der Waals surface area contributed by atoms with E-state index in [-0.39, 0.29) is 17.0 Å². The van der Waals surface area contributed by atoms with Gasteiger partial charge in [0, 0.05) is 0 Å². The number of carbonyl (C=O) groups is 1. The highest BCUT2D eigenvalue weighted by atomic mass is 32.2. The molecule has 0 aliphatic heterocycles. The van der Waals surface area contributed by atoms with Gasteiger partial charge in [-0.05, 0) is 30.7 Å². The van der Waals surface area contributed by atoms with E-state index in [4.69, 9.17) is 9.88 Å². The molecule has 0 amide bonds. The summed E-state index contributed by atoms with van der Waals surface area (Å²) in [6, 6.07) is 10.5. The van der Waals surface area contributed by atoms with Gasteiger partial charge in [0.15, 0.2) is 5.75 Å².